The molecule has 2 aromatic carbocycles. The fourth-order valence-electron chi connectivity index (χ4n) is 3.08. The second kappa shape index (κ2) is 8.01. The maximum Gasteiger partial charge on any atom is 0.224 e. The molecular formula is C20H24FN3O. The quantitative estimate of drug-likeness (QED) is 0.896. The minimum absolute atomic E-state index is 0.0585. The second-order valence-electron chi connectivity index (χ2n) is 6.30. The minimum Gasteiger partial charge on any atom is -0.368 e. The number of carbonyl (C=O) groups is 1. The summed E-state index contributed by atoms with van der Waals surface area (Å²) in [6.07, 6.45) is 1.40. The van der Waals surface area contributed by atoms with E-state index in [0.29, 0.717) is 6.42 Å². The monoisotopic (exact) mass is 341 g/mol. The first kappa shape index (κ1) is 17.3. The highest BCUT2D eigenvalue weighted by molar-refractivity contribution is 5.90. The lowest BCUT2D eigenvalue weighted by atomic mass is 10.2. The van der Waals surface area contributed by atoms with Crippen LogP contribution in [0.2, 0.25) is 0 Å². The molecule has 3 rings (SSSR count). The lowest BCUT2D eigenvalue weighted by Crippen LogP contribution is -2.46. The van der Waals surface area contributed by atoms with Crippen LogP contribution in [-0.4, -0.2) is 32.1 Å². The van der Waals surface area contributed by atoms with Gasteiger partial charge in [0.1, 0.15) is 5.82 Å². The zero-order valence-corrected chi connectivity index (χ0v) is 14.5. The Bertz CT molecular complexity index is 692. The first-order chi connectivity index (χ1) is 12.2. The van der Waals surface area contributed by atoms with Crippen LogP contribution in [0.5, 0.6) is 0 Å². The van der Waals surface area contributed by atoms with Gasteiger partial charge in [0.05, 0.1) is 0 Å². The van der Waals surface area contributed by atoms with Crippen molar-refractivity contribution >= 4 is 23.0 Å². The van der Waals surface area contributed by atoms with Crippen LogP contribution in [-0.2, 0) is 4.79 Å². The molecule has 0 saturated carbocycles. The molecule has 0 radical (unpaired) electrons. The maximum atomic E-state index is 13.0. The molecule has 132 valence electrons. The van der Waals surface area contributed by atoms with E-state index in [0.717, 1.165) is 49.7 Å². The molecular weight excluding hydrogens is 317 g/mol. The molecule has 0 aromatic heterocycles. The van der Waals surface area contributed by atoms with E-state index in [2.05, 4.69) is 27.2 Å². The van der Waals surface area contributed by atoms with Gasteiger partial charge in [-0.25, -0.2) is 4.39 Å². The summed E-state index contributed by atoms with van der Waals surface area (Å²) in [5, 5.41) is 2.91. The van der Waals surface area contributed by atoms with Crippen molar-refractivity contribution in [3.63, 3.8) is 0 Å². The zero-order valence-electron chi connectivity index (χ0n) is 14.5. The summed E-state index contributed by atoms with van der Waals surface area (Å²) >= 11 is 0. The number of rotatable bonds is 5. The summed E-state index contributed by atoms with van der Waals surface area (Å²) in [5.41, 5.74) is 3.06. The molecule has 0 spiro atoms. The van der Waals surface area contributed by atoms with E-state index in [9.17, 15) is 9.18 Å². The summed E-state index contributed by atoms with van der Waals surface area (Å²) in [5.74, 6) is -0.142. The molecule has 5 heteroatoms. The molecule has 1 saturated heterocycles. The Balaban J connectivity index is 1.55. The molecule has 1 aliphatic heterocycles. The van der Waals surface area contributed by atoms with E-state index in [-0.39, 0.29) is 11.7 Å². The van der Waals surface area contributed by atoms with Gasteiger partial charge in [-0.15, -0.1) is 0 Å². The summed E-state index contributed by atoms with van der Waals surface area (Å²) in [7, 11) is 0. The SMILES string of the molecule is CCCC(=O)Nc1ccc(N2CCN(c3ccc(F)cc3)CC2)cc1. The van der Waals surface area contributed by atoms with Crippen molar-refractivity contribution in [2.45, 2.75) is 19.8 Å². The number of nitrogens with one attached hydrogen (secondary N) is 1. The van der Waals surface area contributed by atoms with Crippen molar-refractivity contribution in [2.75, 3.05) is 41.3 Å². The van der Waals surface area contributed by atoms with Gasteiger partial charge in [-0.3, -0.25) is 4.79 Å². The summed E-state index contributed by atoms with van der Waals surface area (Å²) in [4.78, 5) is 16.2. The Morgan fingerprint density at radius 1 is 0.920 bits per heavy atom. The van der Waals surface area contributed by atoms with Crippen LogP contribution in [0.3, 0.4) is 0 Å². The zero-order chi connectivity index (χ0) is 17.6. The van der Waals surface area contributed by atoms with Crippen LogP contribution in [0.25, 0.3) is 0 Å². The van der Waals surface area contributed by atoms with Crippen molar-refractivity contribution in [3.8, 4) is 0 Å². The Labute approximate surface area is 148 Å². The Morgan fingerprint density at radius 3 is 1.88 bits per heavy atom. The molecule has 0 aliphatic carbocycles. The number of halogens is 1. The predicted molar refractivity (Wildman–Crippen MR) is 101 cm³/mol. The molecule has 1 heterocycles. The van der Waals surface area contributed by atoms with E-state index >= 15 is 0 Å². The Hall–Kier alpha value is -2.56. The van der Waals surface area contributed by atoms with Gasteiger partial charge in [-0.1, -0.05) is 6.92 Å². The fourth-order valence-corrected chi connectivity index (χ4v) is 3.08. The molecule has 0 atom stereocenters. The van der Waals surface area contributed by atoms with Crippen LogP contribution < -0.4 is 15.1 Å². The molecule has 25 heavy (non-hydrogen) atoms. The van der Waals surface area contributed by atoms with Gasteiger partial charge >= 0.3 is 0 Å². The Morgan fingerprint density at radius 2 is 1.40 bits per heavy atom. The Kier molecular flexibility index (Phi) is 5.53. The fraction of sp³-hybridized carbons (Fsp3) is 0.350. The van der Waals surface area contributed by atoms with Gasteiger partial charge < -0.3 is 15.1 Å². The summed E-state index contributed by atoms with van der Waals surface area (Å²) < 4.78 is 13.0. The van der Waals surface area contributed by atoms with Crippen LogP contribution >= 0.6 is 0 Å². The highest BCUT2D eigenvalue weighted by Crippen LogP contribution is 2.22. The highest BCUT2D eigenvalue weighted by atomic mass is 19.1. The molecule has 1 aliphatic rings. The molecule has 1 N–H and O–H groups in total. The topological polar surface area (TPSA) is 35.6 Å². The number of carbonyl (C=O) groups excluding carboxylic acids is 1. The summed E-state index contributed by atoms with van der Waals surface area (Å²) in [6.45, 7) is 5.63. The first-order valence-corrected chi connectivity index (χ1v) is 8.81. The number of benzene rings is 2. The summed E-state index contributed by atoms with van der Waals surface area (Å²) in [6, 6.07) is 14.7. The van der Waals surface area contributed by atoms with Gasteiger partial charge in [-0.05, 0) is 55.0 Å². The van der Waals surface area contributed by atoms with Crippen molar-refractivity contribution in [2.24, 2.45) is 0 Å². The van der Waals surface area contributed by atoms with Crippen LogP contribution in [0.4, 0.5) is 21.5 Å². The van der Waals surface area contributed by atoms with Gasteiger partial charge in [0.2, 0.25) is 5.91 Å². The second-order valence-corrected chi connectivity index (χ2v) is 6.30. The average Bonchev–Trinajstić information content (AvgIpc) is 2.63. The van der Waals surface area contributed by atoms with Crippen molar-refractivity contribution in [1.82, 2.24) is 0 Å². The van der Waals surface area contributed by atoms with Crippen molar-refractivity contribution in [3.05, 3.63) is 54.3 Å². The van der Waals surface area contributed by atoms with E-state index in [1.54, 1.807) is 0 Å². The van der Waals surface area contributed by atoms with Gasteiger partial charge in [0.15, 0.2) is 0 Å². The maximum absolute atomic E-state index is 13.0. The van der Waals surface area contributed by atoms with E-state index < -0.39 is 0 Å². The number of amides is 1. The van der Waals surface area contributed by atoms with E-state index in [4.69, 9.17) is 0 Å². The third-order valence-corrected chi connectivity index (χ3v) is 4.46. The van der Waals surface area contributed by atoms with Crippen LogP contribution in [0, 0.1) is 5.82 Å². The number of hydrogen-bond donors (Lipinski definition) is 1. The van der Waals surface area contributed by atoms with Crippen molar-refractivity contribution in [1.29, 1.82) is 0 Å². The standard InChI is InChI=1S/C20H24FN3O/c1-2-3-20(25)22-17-6-10-19(11-7-17)24-14-12-23(13-15-24)18-8-4-16(21)5-9-18/h4-11H,2-3,12-15H2,1H3,(H,22,25). The van der Waals surface area contributed by atoms with Gasteiger partial charge in [-0.2, -0.15) is 0 Å². The number of nitrogens with zero attached hydrogens (tertiary/aromatic N) is 2. The predicted octanol–water partition coefficient (Wildman–Crippen LogP) is 3.89. The normalized spacial score (nSPS) is 14.5. The van der Waals surface area contributed by atoms with Crippen LogP contribution in [0.1, 0.15) is 19.8 Å². The first-order valence-electron chi connectivity index (χ1n) is 8.81. The molecule has 0 bridgehead atoms. The van der Waals surface area contributed by atoms with Crippen LogP contribution in [0.15, 0.2) is 48.5 Å². The van der Waals surface area contributed by atoms with E-state index in [1.807, 2.05) is 31.2 Å². The van der Waals surface area contributed by atoms with Gasteiger partial charge in [0, 0.05) is 49.7 Å². The third-order valence-electron chi connectivity index (χ3n) is 4.46. The molecule has 1 fully saturated rings. The third kappa shape index (κ3) is 4.50. The molecule has 0 unspecified atom stereocenters. The molecule has 1 amide bonds. The molecule has 2 aromatic rings. The average molecular weight is 341 g/mol. The molecule has 4 nitrogen and oxygen atoms in total. The lowest BCUT2D eigenvalue weighted by molar-refractivity contribution is -0.116. The van der Waals surface area contributed by atoms with E-state index in [1.165, 1.54) is 12.1 Å². The number of piperazine rings is 1. The number of hydrogen-bond acceptors (Lipinski definition) is 3. The minimum atomic E-state index is -0.200. The smallest absolute Gasteiger partial charge is 0.224 e. The highest BCUT2D eigenvalue weighted by Gasteiger charge is 2.17. The largest absolute Gasteiger partial charge is 0.368 e. The van der Waals surface area contributed by atoms with Gasteiger partial charge in [0.25, 0.3) is 0 Å². The number of anilines is 3. The van der Waals surface area contributed by atoms with Crippen molar-refractivity contribution < 1.29 is 9.18 Å². The lowest BCUT2D eigenvalue weighted by Gasteiger charge is -2.37.